The number of rotatable bonds is 2. The number of hydrogen-bond acceptors (Lipinski definition) is 5. The van der Waals surface area contributed by atoms with Gasteiger partial charge in [-0.05, 0) is 30.9 Å². The molecule has 0 spiro atoms. The third-order valence-electron chi connectivity index (χ3n) is 4.09. The van der Waals surface area contributed by atoms with Crippen LogP contribution in [0.3, 0.4) is 0 Å². The van der Waals surface area contributed by atoms with E-state index in [1.807, 2.05) is 11.0 Å². The molecule has 3 N–H and O–H groups in total. The molecular weight excluding hydrogens is 272 g/mol. The molecule has 1 amide bonds. The summed E-state index contributed by atoms with van der Waals surface area (Å²) >= 11 is 0. The van der Waals surface area contributed by atoms with Crippen molar-refractivity contribution >= 4 is 23.0 Å². The predicted octanol–water partition coefficient (Wildman–Crippen LogP) is 1.41. The lowest BCUT2D eigenvalue weighted by molar-refractivity contribution is -0.384. The van der Waals surface area contributed by atoms with Crippen molar-refractivity contribution in [2.24, 2.45) is 5.73 Å². The summed E-state index contributed by atoms with van der Waals surface area (Å²) in [5.74, 6) is -0.0930. The van der Waals surface area contributed by atoms with Gasteiger partial charge in [0.1, 0.15) is 5.69 Å². The number of nitrogens with zero attached hydrogens (tertiary/aromatic N) is 2. The number of hydrogen-bond donors (Lipinski definition) is 2. The SMILES string of the molecule is NC1CCCN(c2cc3c(cc2[N+](=O)[O-])NC(=O)CC3)C1. The summed E-state index contributed by atoms with van der Waals surface area (Å²) in [4.78, 5) is 24.4. The Balaban J connectivity index is 2.02. The number of aryl methyl sites for hydroxylation is 1. The van der Waals surface area contributed by atoms with Crippen LogP contribution in [0.4, 0.5) is 17.1 Å². The van der Waals surface area contributed by atoms with Gasteiger partial charge in [-0.2, -0.15) is 0 Å². The lowest BCUT2D eigenvalue weighted by Gasteiger charge is -2.33. The molecule has 1 unspecified atom stereocenters. The van der Waals surface area contributed by atoms with Crippen LogP contribution in [0.25, 0.3) is 0 Å². The minimum Gasteiger partial charge on any atom is -0.364 e. The fourth-order valence-electron chi connectivity index (χ4n) is 3.03. The van der Waals surface area contributed by atoms with Crippen LogP contribution in [0.1, 0.15) is 24.8 Å². The van der Waals surface area contributed by atoms with Crippen molar-refractivity contribution in [3.8, 4) is 0 Å². The number of piperidine rings is 1. The number of nitrogens with one attached hydrogen (secondary N) is 1. The first-order valence-corrected chi connectivity index (χ1v) is 7.16. The monoisotopic (exact) mass is 290 g/mol. The molecule has 2 heterocycles. The van der Waals surface area contributed by atoms with Gasteiger partial charge in [-0.15, -0.1) is 0 Å². The highest BCUT2D eigenvalue weighted by molar-refractivity contribution is 5.95. The quantitative estimate of drug-likeness (QED) is 0.633. The molecular formula is C14H18N4O3. The largest absolute Gasteiger partial charge is 0.364 e. The average Bonchev–Trinajstić information content (AvgIpc) is 2.45. The van der Waals surface area contributed by atoms with Crippen molar-refractivity contribution < 1.29 is 9.72 Å². The van der Waals surface area contributed by atoms with Crippen LogP contribution in [0.15, 0.2) is 12.1 Å². The van der Waals surface area contributed by atoms with Gasteiger partial charge in [0.25, 0.3) is 5.69 Å². The van der Waals surface area contributed by atoms with Crippen LogP contribution >= 0.6 is 0 Å². The molecule has 7 nitrogen and oxygen atoms in total. The molecule has 21 heavy (non-hydrogen) atoms. The van der Waals surface area contributed by atoms with Gasteiger partial charge in [0.2, 0.25) is 5.91 Å². The number of carbonyl (C=O) groups excluding carboxylic acids is 1. The summed E-state index contributed by atoms with van der Waals surface area (Å²) in [6.45, 7) is 1.41. The van der Waals surface area contributed by atoms with Crippen molar-refractivity contribution in [1.29, 1.82) is 0 Å². The number of nitrogens with two attached hydrogens (primary N) is 1. The topological polar surface area (TPSA) is 102 Å². The molecule has 1 fully saturated rings. The fourth-order valence-corrected chi connectivity index (χ4v) is 3.03. The molecule has 0 aromatic heterocycles. The first-order chi connectivity index (χ1) is 10.0. The third kappa shape index (κ3) is 2.69. The van der Waals surface area contributed by atoms with Gasteiger partial charge in [0.05, 0.1) is 10.6 Å². The Morgan fingerprint density at radius 3 is 2.90 bits per heavy atom. The molecule has 0 bridgehead atoms. The number of amides is 1. The number of benzene rings is 1. The summed E-state index contributed by atoms with van der Waals surface area (Å²) in [7, 11) is 0. The van der Waals surface area contributed by atoms with E-state index in [1.165, 1.54) is 6.07 Å². The predicted molar refractivity (Wildman–Crippen MR) is 79.5 cm³/mol. The van der Waals surface area contributed by atoms with Crippen molar-refractivity contribution in [2.45, 2.75) is 31.7 Å². The van der Waals surface area contributed by atoms with Gasteiger partial charge in [-0.3, -0.25) is 14.9 Å². The normalized spacial score (nSPS) is 21.7. The summed E-state index contributed by atoms with van der Waals surface area (Å²) in [6.07, 6.45) is 2.92. The lowest BCUT2D eigenvalue weighted by Crippen LogP contribution is -2.43. The third-order valence-corrected chi connectivity index (χ3v) is 4.09. The van der Waals surface area contributed by atoms with E-state index in [2.05, 4.69) is 5.32 Å². The van der Waals surface area contributed by atoms with E-state index < -0.39 is 4.92 Å². The zero-order valence-electron chi connectivity index (χ0n) is 11.7. The molecule has 112 valence electrons. The maximum Gasteiger partial charge on any atom is 0.294 e. The van der Waals surface area contributed by atoms with Gasteiger partial charge < -0.3 is 16.0 Å². The Morgan fingerprint density at radius 2 is 2.19 bits per heavy atom. The number of fused-ring (bicyclic) bond motifs is 1. The van der Waals surface area contributed by atoms with Crippen LogP contribution in [0, 0.1) is 10.1 Å². The van der Waals surface area contributed by atoms with Crippen LogP contribution in [0.2, 0.25) is 0 Å². The van der Waals surface area contributed by atoms with Gasteiger partial charge in [-0.25, -0.2) is 0 Å². The van der Waals surface area contributed by atoms with Gasteiger partial charge >= 0.3 is 0 Å². The molecule has 7 heteroatoms. The van der Waals surface area contributed by atoms with Gasteiger partial charge in [0.15, 0.2) is 0 Å². The second kappa shape index (κ2) is 5.33. The van der Waals surface area contributed by atoms with Gasteiger partial charge in [-0.1, -0.05) is 0 Å². The molecule has 0 saturated carbocycles. The maximum absolute atomic E-state index is 11.4. The molecule has 2 aliphatic rings. The smallest absolute Gasteiger partial charge is 0.294 e. The summed E-state index contributed by atoms with van der Waals surface area (Å²) in [6, 6.07) is 3.36. The fraction of sp³-hybridized carbons (Fsp3) is 0.500. The molecule has 0 radical (unpaired) electrons. The molecule has 1 aromatic rings. The number of carbonyl (C=O) groups is 1. The standard InChI is InChI=1S/C14H18N4O3/c15-10-2-1-5-17(8-10)12-6-9-3-4-14(19)16-11(9)7-13(12)18(20)21/h6-7,10H,1-5,8,15H2,(H,16,19). The lowest BCUT2D eigenvalue weighted by atomic mass is 9.99. The van der Waals surface area contributed by atoms with E-state index in [1.54, 1.807) is 0 Å². The summed E-state index contributed by atoms with van der Waals surface area (Å²) in [5, 5.41) is 14.1. The molecule has 2 aliphatic heterocycles. The highest BCUT2D eigenvalue weighted by atomic mass is 16.6. The Hall–Kier alpha value is -2.15. The van der Waals surface area contributed by atoms with E-state index in [9.17, 15) is 14.9 Å². The second-order valence-corrected chi connectivity index (χ2v) is 5.65. The molecule has 1 aromatic carbocycles. The molecule has 1 saturated heterocycles. The zero-order valence-corrected chi connectivity index (χ0v) is 11.7. The first kappa shape index (κ1) is 13.8. The van der Waals surface area contributed by atoms with Crippen molar-refractivity contribution in [3.63, 3.8) is 0 Å². The summed E-state index contributed by atoms with van der Waals surface area (Å²) < 4.78 is 0. The van der Waals surface area contributed by atoms with E-state index >= 15 is 0 Å². The number of nitro benzene ring substituents is 1. The van der Waals surface area contributed by atoms with E-state index in [0.29, 0.717) is 30.8 Å². The Labute approximate surface area is 122 Å². The van der Waals surface area contributed by atoms with E-state index in [0.717, 1.165) is 24.9 Å². The Bertz CT molecular complexity index is 602. The minimum atomic E-state index is -0.392. The highest BCUT2D eigenvalue weighted by Crippen LogP contribution is 2.37. The number of nitro groups is 1. The Kier molecular flexibility index (Phi) is 3.50. The Morgan fingerprint density at radius 1 is 1.38 bits per heavy atom. The van der Waals surface area contributed by atoms with Crippen molar-refractivity contribution in [3.05, 3.63) is 27.8 Å². The highest BCUT2D eigenvalue weighted by Gasteiger charge is 2.27. The van der Waals surface area contributed by atoms with Crippen LogP contribution in [-0.4, -0.2) is 30.0 Å². The van der Waals surface area contributed by atoms with Crippen LogP contribution < -0.4 is 16.0 Å². The minimum absolute atomic E-state index is 0.0325. The maximum atomic E-state index is 11.4. The van der Waals surface area contributed by atoms with E-state index in [4.69, 9.17) is 5.73 Å². The van der Waals surface area contributed by atoms with Crippen molar-refractivity contribution in [2.75, 3.05) is 23.3 Å². The molecule has 0 aliphatic carbocycles. The second-order valence-electron chi connectivity index (χ2n) is 5.65. The molecule has 1 atom stereocenters. The average molecular weight is 290 g/mol. The molecule has 3 rings (SSSR count). The number of anilines is 2. The van der Waals surface area contributed by atoms with Crippen LogP contribution in [0.5, 0.6) is 0 Å². The van der Waals surface area contributed by atoms with E-state index in [-0.39, 0.29) is 17.6 Å². The van der Waals surface area contributed by atoms with Crippen molar-refractivity contribution in [1.82, 2.24) is 0 Å². The zero-order chi connectivity index (χ0) is 15.0. The summed E-state index contributed by atoms with van der Waals surface area (Å²) in [5.41, 5.74) is 8.14. The van der Waals surface area contributed by atoms with Gasteiger partial charge in [0, 0.05) is 31.6 Å². The first-order valence-electron chi connectivity index (χ1n) is 7.16. The van der Waals surface area contributed by atoms with Crippen LogP contribution in [-0.2, 0) is 11.2 Å².